The first-order chi connectivity index (χ1) is 10.4. The molecule has 1 heterocycles. The molecule has 1 aliphatic rings. The lowest BCUT2D eigenvalue weighted by Crippen LogP contribution is -2.33. The maximum absolute atomic E-state index is 4.16. The molecule has 21 heavy (non-hydrogen) atoms. The van der Waals surface area contributed by atoms with E-state index in [1.54, 1.807) is 0 Å². The van der Waals surface area contributed by atoms with Crippen LogP contribution in [0.3, 0.4) is 0 Å². The third kappa shape index (κ3) is 3.92. The molecule has 2 aromatic rings. The average molecular weight is 280 g/mol. The largest absolute Gasteiger partial charge is 0.303 e. The Labute approximate surface area is 127 Å². The Bertz CT molecular complexity index is 476. The quantitative estimate of drug-likeness (QED) is 0.835. The van der Waals surface area contributed by atoms with E-state index in [-0.39, 0.29) is 6.04 Å². The fourth-order valence-electron chi connectivity index (χ4n) is 3.27. The molecule has 0 bridgehead atoms. The normalized spacial score (nSPS) is 18.1. The summed E-state index contributed by atoms with van der Waals surface area (Å²) in [6.07, 6.45) is 11.9. The van der Waals surface area contributed by atoms with Crippen molar-refractivity contribution in [2.75, 3.05) is 0 Å². The van der Waals surface area contributed by atoms with Gasteiger partial charge in [-0.3, -0.25) is 4.98 Å². The maximum Gasteiger partial charge on any atom is 0.0579 e. The second-order valence-corrected chi connectivity index (χ2v) is 5.98. The molecule has 2 nitrogen and oxygen atoms in total. The number of nitrogens with one attached hydrogen (secondary N) is 1. The summed E-state index contributed by atoms with van der Waals surface area (Å²) in [6, 6.07) is 15.9. The van der Waals surface area contributed by atoms with Crippen LogP contribution < -0.4 is 5.32 Å². The lowest BCUT2D eigenvalue weighted by molar-refractivity contribution is 0.427. The van der Waals surface area contributed by atoms with E-state index in [2.05, 4.69) is 52.8 Å². The van der Waals surface area contributed by atoms with Crippen LogP contribution >= 0.6 is 0 Å². The van der Waals surface area contributed by atoms with Crippen molar-refractivity contribution in [3.63, 3.8) is 0 Å². The van der Waals surface area contributed by atoms with E-state index < -0.39 is 0 Å². The summed E-state index contributed by atoms with van der Waals surface area (Å²) in [7, 11) is 0. The molecular formula is C19H24N2. The Kier molecular flexibility index (Phi) is 5.01. The van der Waals surface area contributed by atoms with Gasteiger partial charge in [-0.05, 0) is 36.1 Å². The lowest BCUT2D eigenvalue weighted by Gasteiger charge is -2.26. The van der Waals surface area contributed by atoms with Crippen molar-refractivity contribution in [2.24, 2.45) is 0 Å². The fraction of sp³-hybridized carbons (Fsp3) is 0.421. The molecule has 0 radical (unpaired) electrons. The van der Waals surface area contributed by atoms with Gasteiger partial charge in [-0.2, -0.15) is 0 Å². The van der Waals surface area contributed by atoms with Crippen molar-refractivity contribution < 1.29 is 0 Å². The summed E-state index contributed by atoms with van der Waals surface area (Å²) < 4.78 is 0. The van der Waals surface area contributed by atoms with Crippen molar-refractivity contribution >= 4 is 0 Å². The predicted octanol–water partition coefficient (Wildman–Crippen LogP) is 4.48. The first-order valence-electron chi connectivity index (χ1n) is 8.14. The molecule has 1 saturated carbocycles. The molecule has 0 spiro atoms. The van der Waals surface area contributed by atoms with Gasteiger partial charge in [-0.15, -0.1) is 0 Å². The van der Waals surface area contributed by atoms with Gasteiger partial charge in [0.15, 0.2) is 0 Å². The third-order valence-electron chi connectivity index (χ3n) is 4.43. The van der Waals surface area contributed by atoms with E-state index in [1.165, 1.54) is 49.7 Å². The molecular weight excluding hydrogens is 256 g/mol. The summed E-state index contributed by atoms with van der Waals surface area (Å²) in [5.74, 6) is 0. The molecule has 110 valence electrons. The molecule has 1 atom stereocenters. The van der Waals surface area contributed by atoms with Crippen LogP contribution in [0, 0.1) is 0 Å². The number of nitrogens with zero attached hydrogens (tertiary/aromatic N) is 1. The summed E-state index contributed by atoms with van der Waals surface area (Å²) in [4.78, 5) is 4.16. The van der Waals surface area contributed by atoms with Crippen LogP contribution in [-0.4, -0.2) is 11.0 Å². The topological polar surface area (TPSA) is 24.9 Å². The minimum atomic E-state index is 0.275. The molecule has 1 N–H and O–H groups in total. The summed E-state index contributed by atoms with van der Waals surface area (Å²) in [5, 5.41) is 3.90. The van der Waals surface area contributed by atoms with Crippen LogP contribution in [0.4, 0.5) is 0 Å². The minimum Gasteiger partial charge on any atom is -0.303 e. The zero-order valence-corrected chi connectivity index (χ0v) is 12.5. The highest BCUT2D eigenvalue weighted by Crippen LogP contribution is 2.25. The smallest absolute Gasteiger partial charge is 0.0579 e. The standard InChI is InChI=1S/C19H24N2/c1-2-7-11-18(10-6-1)21-19(16-8-4-3-5-9-16)17-12-14-20-15-13-17/h3-5,8-9,12-15,18-19,21H,1-2,6-7,10-11H2. The van der Waals surface area contributed by atoms with Gasteiger partial charge < -0.3 is 5.32 Å². The van der Waals surface area contributed by atoms with E-state index in [0.717, 1.165) is 0 Å². The molecule has 1 aliphatic carbocycles. The molecule has 1 aromatic heterocycles. The highest BCUT2D eigenvalue weighted by atomic mass is 15.0. The molecule has 0 saturated heterocycles. The molecule has 0 aliphatic heterocycles. The van der Waals surface area contributed by atoms with Gasteiger partial charge in [0.2, 0.25) is 0 Å². The van der Waals surface area contributed by atoms with Crippen molar-refractivity contribution in [1.29, 1.82) is 0 Å². The molecule has 3 rings (SSSR count). The van der Waals surface area contributed by atoms with Gasteiger partial charge in [0.05, 0.1) is 6.04 Å². The third-order valence-corrected chi connectivity index (χ3v) is 4.43. The lowest BCUT2D eigenvalue weighted by atomic mass is 9.97. The zero-order valence-electron chi connectivity index (χ0n) is 12.5. The van der Waals surface area contributed by atoms with Crippen LogP contribution in [0.15, 0.2) is 54.9 Å². The monoisotopic (exact) mass is 280 g/mol. The molecule has 1 unspecified atom stereocenters. The Morgan fingerprint density at radius 3 is 2.10 bits per heavy atom. The van der Waals surface area contributed by atoms with Crippen molar-refractivity contribution in [2.45, 2.75) is 50.6 Å². The van der Waals surface area contributed by atoms with Crippen LogP contribution in [0.1, 0.15) is 55.7 Å². The van der Waals surface area contributed by atoms with Crippen LogP contribution in [0.25, 0.3) is 0 Å². The van der Waals surface area contributed by atoms with Crippen molar-refractivity contribution in [3.05, 3.63) is 66.0 Å². The van der Waals surface area contributed by atoms with Crippen LogP contribution in [0.5, 0.6) is 0 Å². The van der Waals surface area contributed by atoms with E-state index in [4.69, 9.17) is 0 Å². The Balaban J connectivity index is 1.82. The maximum atomic E-state index is 4.16. The number of hydrogen-bond acceptors (Lipinski definition) is 2. The Morgan fingerprint density at radius 2 is 1.43 bits per heavy atom. The van der Waals surface area contributed by atoms with E-state index in [9.17, 15) is 0 Å². The van der Waals surface area contributed by atoms with Gasteiger partial charge >= 0.3 is 0 Å². The molecule has 0 amide bonds. The van der Waals surface area contributed by atoms with Crippen molar-refractivity contribution in [3.8, 4) is 0 Å². The van der Waals surface area contributed by atoms with Gasteiger partial charge in [-0.1, -0.05) is 56.0 Å². The van der Waals surface area contributed by atoms with Gasteiger partial charge in [0.25, 0.3) is 0 Å². The summed E-state index contributed by atoms with van der Waals surface area (Å²) >= 11 is 0. The highest BCUT2D eigenvalue weighted by molar-refractivity contribution is 5.30. The zero-order chi connectivity index (χ0) is 14.3. The summed E-state index contributed by atoms with van der Waals surface area (Å²) in [6.45, 7) is 0. The van der Waals surface area contributed by atoms with Crippen LogP contribution in [0.2, 0.25) is 0 Å². The summed E-state index contributed by atoms with van der Waals surface area (Å²) in [5.41, 5.74) is 2.65. The Morgan fingerprint density at radius 1 is 0.810 bits per heavy atom. The Hall–Kier alpha value is -1.67. The predicted molar refractivity (Wildman–Crippen MR) is 87.1 cm³/mol. The number of rotatable bonds is 4. The average Bonchev–Trinajstić information content (AvgIpc) is 2.83. The molecule has 2 heteroatoms. The second-order valence-electron chi connectivity index (χ2n) is 5.98. The SMILES string of the molecule is c1ccc(C(NC2CCCCCC2)c2ccncc2)cc1. The highest BCUT2D eigenvalue weighted by Gasteiger charge is 2.19. The number of pyridine rings is 1. The van der Waals surface area contributed by atoms with Gasteiger partial charge in [-0.25, -0.2) is 0 Å². The molecule has 1 fully saturated rings. The first kappa shape index (κ1) is 14.3. The second kappa shape index (κ2) is 7.37. The number of aromatic nitrogens is 1. The number of benzene rings is 1. The fourth-order valence-corrected chi connectivity index (χ4v) is 3.27. The number of hydrogen-bond donors (Lipinski definition) is 1. The minimum absolute atomic E-state index is 0.275. The van der Waals surface area contributed by atoms with E-state index in [1.807, 2.05) is 12.4 Å². The van der Waals surface area contributed by atoms with Crippen LogP contribution in [-0.2, 0) is 0 Å². The van der Waals surface area contributed by atoms with Gasteiger partial charge in [0.1, 0.15) is 0 Å². The first-order valence-corrected chi connectivity index (χ1v) is 8.14. The van der Waals surface area contributed by atoms with E-state index in [0.29, 0.717) is 6.04 Å². The van der Waals surface area contributed by atoms with E-state index >= 15 is 0 Å². The molecule has 1 aromatic carbocycles. The van der Waals surface area contributed by atoms with Crippen molar-refractivity contribution in [1.82, 2.24) is 10.3 Å². The van der Waals surface area contributed by atoms with Gasteiger partial charge in [0, 0.05) is 18.4 Å².